The summed E-state index contributed by atoms with van der Waals surface area (Å²) in [5.41, 5.74) is 0.548. The van der Waals surface area contributed by atoms with Crippen molar-refractivity contribution in [2.24, 2.45) is 11.8 Å². The summed E-state index contributed by atoms with van der Waals surface area (Å²) in [4.78, 5) is 21.5. The van der Waals surface area contributed by atoms with E-state index in [0.29, 0.717) is 35.5 Å². The average molecular weight is 357 g/mol. The van der Waals surface area contributed by atoms with Crippen molar-refractivity contribution < 1.29 is 14.8 Å². The Morgan fingerprint density at radius 3 is 2.62 bits per heavy atom. The fourth-order valence-corrected chi connectivity index (χ4v) is 3.02. The van der Waals surface area contributed by atoms with Gasteiger partial charge in [0, 0.05) is 17.1 Å². The van der Waals surface area contributed by atoms with Gasteiger partial charge in [-0.3, -0.25) is 14.9 Å². The highest BCUT2D eigenvalue weighted by Gasteiger charge is 2.26. The molecule has 0 spiro atoms. The Morgan fingerprint density at radius 1 is 1.38 bits per heavy atom. The number of carbonyl (C=O) groups is 1. The first-order valence-electron chi connectivity index (χ1n) is 6.88. The lowest BCUT2D eigenvalue weighted by Crippen LogP contribution is -2.25. The first kappa shape index (κ1) is 15.8. The van der Waals surface area contributed by atoms with E-state index in [-0.39, 0.29) is 11.6 Å². The fraction of sp³-hybridized carbons (Fsp3) is 0.500. The summed E-state index contributed by atoms with van der Waals surface area (Å²) in [6.45, 7) is 0.634. The summed E-state index contributed by atoms with van der Waals surface area (Å²) in [5, 5.41) is 23.1. The molecule has 1 saturated carbocycles. The SMILES string of the molecule is O=C(O)C1CCC(CNc2ccc(Br)cc2[N+](=O)[O-])CC1. The second-order valence-electron chi connectivity index (χ2n) is 5.36. The summed E-state index contributed by atoms with van der Waals surface area (Å²) in [6, 6.07) is 4.92. The van der Waals surface area contributed by atoms with E-state index < -0.39 is 10.9 Å². The number of anilines is 1. The minimum atomic E-state index is -0.718. The van der Waals surface area contributed by atoms with Crippen molar-refractivity contribution in [2.75, 3.05) is 11.9 Å². The van der Waals surface area contributed by atoms with Gasteiger partial charge in [-0.1, -0.05) is 15.9 Å². The maximum Gasteiger partial charge on any atom is 0.306 e. The van der Waals surface area contributed by atoms with Gasteiger partial charge in [0.2, 0.25) is 0 Å². The van der Waals surface area contributed by atoms with Crippen molar-refractivity contribution in [3.8, 4) is 0 Å². The number of hydrogen-bond donors (Lipinski definition) is 2. The number of carboxylic acids is 1. The Morgan fingerprint density at radius 2 is 2.05 bits per heavy atom. The summed E-state index contributed by atoms with van der Waals surface area (Å²) in [6.07, 6.45) is 3.05. The molecule has 0 heterocycles. The third-order valence-electron chi connectivity index (χ3n) is 3.93. The van der Waals surface area contributed by atoms with Crippen molar-refractivity contribution in [3.05, 3.63) is 32.8 Å². The molecule has 2 N–H and O–H groups in total. The van der Waals surface area contributed by atoms with Crippen LogP contribution in [0.25, 0.3) is 0 Å². The lowest BCUT2D eigenvalue weighted by Gasteiger charge is -2.26. The van der Waals surface area contributed by atoms with Gasteiger partial charge in [0.1, 0.15) is 5.69 Å². The molecule has 0 atom stereocenters. The number of halogens is 1. The summed E-state index contributed by atoms with van der Waals surface area (Å²) in [5.74, 6) is -0.586. The van der Waals surface area contributed by atoms with Crippen LogP contribution in [0.5, 0.6) is 0 Å². The molecule has 7 heteroatoms. The van der Waals surface area contributed by atoms with Crippen molar-refractivity contribution in [1.82, 2.24) is 0 Å². The first-order chi connectivity index (χ1) is 9.97. The Kier molecular flexibility index (Phi) is 5.17. The smallest absolute Gasteiger partial charge is 0.306 e. The first-order valence-corrected chi connectivity index (χ1v) is 7.67. The van der Waals surface area contributed by atoms with Crippen LogP contribution in [0.4, 0.5) is 11.4 Å². The van der Waals surface area contributed by atoms with E-state index in [1.807, 2.05) is 0 Å². The summed E-state index contributed by atoms with van der Waals surface area (Å²) >= 11 is 3.22. The zero-order valence-electron chi connectivity index (χ0n) is 11.4. The van der Waals surface area contributed by atoms with Crippen LogP contribution in [-0.2, 0) is 4.79 Å². The van der Waals surface area contributed by atoms with Crippen LogP contribution in [0.1, 0.15) is 25.7 Å². The molecule has 21 heavy (non-hydrogen) atoms. The third kappa shape index (κ3) is 4.17. The number of aliphatic carboxylic acids is 1. The largest absolute Gasteiger partial charge is 0.481 e. The zero-order chi connectivity index (χ0) is 15.4. The van der Waals surface area contributed by atoms with E-state index in [1.54, 1.807) is 12.1 Å². The molecule has 1 aromatic carbocycles. The molecule has 1 aliphatic rings. The number of benzene rings is 1. The number of nitrogens with zero attached hydrogens (tertiary/aromatic N) is 1. The molecule has 1 aromatic rings. The van der Waals surface area contributed by atoms with Crippen LogP contribution < -0.4 is 5.32 Å². The monoisotopic (exact) mass is 356 g/mol. The standard InChI is InChI=1S/C14H17BrN2O4/c15-11-5-6-12(13(7-11)17(20)21)16-8-9-1-3-10(4-2-9)14(18)19/h5-7,9-10,16H,1-4,8H2,(H,18,19). The van der Waals surface area contributed by atoms with Crippen LogP contribution in [0, 0.1) is 22.0 Å². The number of nitrogens with one attached hydrogen (secondary N) is 1. The molecular weight excluding hydrogens is 340 g/mol. The minimum absolute atomic E-state index is 0.0450. The molecule has 0 aromatic heterocycles. The Balaban J connectivity index is 1.92. The maximum atomic E-state index is 11.0. The predicted octanol–water partition coefficient (Wildman–Crippen LogP) is 3.66. The molecule has 0 unspecified atom stereocenters. The van der Waals surface area contributed by atoms with Crippen LogP contribution >= 0.6 is 15.9 Å². The molecule has 1 fully saturated rings. The number of nitro benzene ring substituents is 1. The molecule has 6 nitrogen and oxygen atoms in total. The van der Waals surface area contributed by atoms with E-state index >= 15 is 0 Å². The molecule has 0 radical (unpaired) electrons. The third-order valence-corrected chi connectivity index (χ3v) is 4.43. The van der Waals surface area contributed by atoms with Gasteiger partial charge in [-0.25, -0.2) is 0 Å². The second kappa shape index (κ2) is 6.89. The summed E-state index contributed by atoms with van der Waals surface area (Å²) < 4.78 is 0.668. The van der Waals surface area contributed by atoms with Crippen molar-refractivity contribution in [1.29, 1.82) is 0 Å². The molecule has 0 aliphatic heterocycles. The van der Waals surface area contributed by atoms with Gasteiger partial charge in [-0.05, 0) is 43.7 Å². The van der Waals surface area contributed by atoms with Crippen molar-refractivity contribution in [3.63, 3.8) is 0 Å². The van der Waals surface area contributed by atoms with Crippen molar-refractivity contribution in [2.45, 2.75) is 25.7 Å². The van der Waals surface area contributed by atoms with Crippen LogP contribution in [0.3, 0.4) is 0 Å². The van der Waals surface area contributed by atoms with E-state index in [4.69, 9.17) is 5.11 Å². The van der Waals surface area contributed by atoms with E-state index in [9.17, 15) is 14.9 Å². The molecule has 0 bridgehead atoms. The number of nitro groups is 1. The fourth-order valence-electron chi connectivity index (χ4n) is 2.67. The Bertz CT molecular complexity index is 542. The number of hydrogen-bond acceptors (Lipinski definition) is 4. The topological polar surface area (TPSA) is 92.5 Å². The van der Waals surface area contributed by atoms with Gasteiger partial charge >= 0.3 is 5.97 Å². The highest BCUT2D eigenvalue weighted by molar-refractivity contribution is 9.10. The molecule has 0 saturated heterocycles. The average Bonchev–Trinajstić information content (AvgIpc) is 2.46. The number of carboxylic acid groups (broad SMARTS) is 1. The zero-order valence-corrected chi connectivity index (χ0v) is 13.0. The van der Waals surface area contributed by atoms with Crippen molar-refractivity contribution >= 4 is 33.3 Å². The van der Waals surface area contributed by atoms with Crippen LogP contribution in [-0.4, -0.2) is 22.5 Å². The molecule has 114 valence electrons. The van der Waals surface area contributed by atoms with Crippen LogP contribution in [0.15, 0.2) is 22.7 Å². The highest BCUT2D eigenvalue weighted by Crippen LogP contribution is 2.31. The normalized spacial score (nSPS) is 21.8. The van der Waals surface area contributed by atoms with Gasteiger partial charge in [0.05, 0.1) is 10.8 Å². The molecule has 1 aliphatic carbocycles. The predicted molar refractivity (Wildman–Crippen MR) is 82.4 cm³/mol. The minimum Gasteiger partial charge on any atom is -0.481 e. The van der Waals surface area contributed by atoms with Gasteiger partial charge in [0.15, 0.2) is 0 Å². The lowest BCUT2D eigenvalue weighted by molar-refractivity contribution is -0.384. The summed E-state index contributed by atoms with van der Waals surface area (Å²) in [7, 11) is 0. The van der Waals surface area contributed by atoms with Gasteiger partial charge in [0.25, 0.3) is 5.69 Å². The molecular formula is C14H17BrN2O4. The molecule has 2 rings (SSSR count). The Labute approximate surface area is 130 Å². The Hall–Kier alpha value is -1.63. The molecule has 0 amide bonds. The van der Waals surface area contributed by atoms with E-state index in [2.05, 4.69) is 21.2 Å². The van der Waals surface area contributed by atoms with E-state index in [1.165, 1.54) is 6.07 Å². The lowest BCUT2D eigenvalue weighted by atomic mass is 9.82. The van der Waals surface area contributed by atoms with E-state index in [0.717, 1.165) is 12.8 Å². The van der Waals surface area contributed by atoms with Crippen LogP contribution in [0.2, 0.25) is 0 Å². The van der Waals surface area contributed by atoms with Gasteiger partial charge in [-0.15, -0.1) is 0 Å². The number of rotatable bonds is 5. The second-order valence-corrected chi connectivity index (χ2v) is 6.27. The van der Waals surface area contributed by atoms with Gasteiger partial charge < -0.3 is 10.4 Å². The van der Waals surface area contributed by atoms with Gasteiger partial charge in [-0.2, -0.15) is 0 Å². The maximum absolute atomic E-state index is 11.0. The highest BCUT2D eigenvalue weighted by atomic mass is 79.9. The quantitative estimate of drug-likeness (QED) is 0.620.